The molecule has 5 heteroatoms. The predicted molar refractivity (Wildman–Crippen MR) is 49.2 cm³/mol. The molecule has 1 heterocycles. The summed E-state index contributed by atoms with van der Waals surface area (Å²) in [7, 11) is 1.34. The van der Waals surface area contributed by atoms with E-state index in [1.807, 2.05) is 0 Å². The van der Waals surface area contributed by atoms with Gasteiger partial charge in [0.25, 0.3) is 0 Å². The molecular formula is C9H10N2O3. The highest BCUT2D eigenvalue weighted by atomic mass is 16.4. The maximum absolute atomic E-state index is 11.4. The van der Waals surface area contributed by atoms with Gasteiger partial charge in [0.2, 0.25) is 0 Å². The van der Waals surface area contributed by atoms with Crippen LogP contribution in [0.3, 0.4) is 0 Å². The highest BCUT2D eigenvalue weighted by Gasteiger charge is 2.12. The van der Waals surface area contributed by atoms with E-state index in [0.29, 0.717) is 5.56 Å². The molecule has 0 fully saturated rings. The van der Waals surface area contributed by atoms with Crippen LogP contribution in [0.5, 0.6) is 0 Å². The molecule has 1 aromatic heterocycles. The molecule has 0 saturated carbocycles. The molecule has 1 N–H and O–H groups in total. The Kier molecular flexibility index (Phi) is 3.17. The van der Waals surface area contributed by atoms with E-state index in [9.17, 15) is 9.59 Å². The highest BCUT2D eigenvalue weighted by Crippen LogP contribution is 1.98. The molecule has 0 spiro atoms. The molecule has 0 radical (unpaired) electrons. The fraction of sp³-hybridized carbons (Fsp3) is 0.222. The van der Waals surface area contributed by atoms with E-state index in [4.69, 9.17) is 5.11 Å². The fourth-order valence-corrected chi connectivity index (χ4v) is 0.902. The van der Waals surface area contributed by atoms with Crippen LogP contribution in [0.2, 0.25) is 0 Å². The van der Waals surface area contributed by atoms with Crippen molar-refractivity contribution in [1.29, 1.82) is 0 Å². The number of hydrogen-bond acceptors (Lipinski definition) is 3. The Hall–Kier alpha value is -1.91. The zero-order valence-electron chi connectivity index (χ0n) is 7.67. The first-order valence-electron chi connectivity index (χ1n) is 3.98. The minimum Gasteiger partial charge on any atom is -0.465 e. The zero-order valence-corrected chi connectivity index (χ0v) is 7.67. The van der Waals surface area contributed by atoms with E-state index >= 15 is 0 Å². The summed E-state index contributed by atoms with van der Waals surface area (Å²) in [5.41, 5.74) is 0.417. The third-order valence-corrected chi connectivity index (χ3v) is 1.69. The minimum atomic E-state index is -1.12. The quantitative estimate of drug-likeness (QED) is 0.725. The summed E-state index contributed by atoms with van der Waals surface area (Å²) >= 11 is 0. The summed E-state index contributed by atoms with van der Waals surface area (Å²) in [6.07, 6.45) is 1.85. The second-order valence-corrected chi connectivity index (χ2v) is 2.80. The Morgan fingerprint density at radius 1 is 1.57 bits per heavy atom. The predicted octanol–water partition coefficient (Wildman–Crippen LogP) is 0.874. The lowest BCUT2D eigenvalue weighted by atomic mass is 10.2. The van der Waals surface area contributed by atoms with Gasteiger partial charge < -0.3 is 10.0 Å². The van der Waals surface area contributed by atoms with Crippen molar-refractivity contribution in [2.45, 2.75) is 0 Å². The van der Waals surface area contributed by atoms with Gasteiger partial charge in [-0.15, -0.1) is 0 Å². The molecule has 0 aliphatic heterocycles. The molecule has 0 unspecified atom stereocenters. The standard InChI is InChI=1S/C9H10N2O3/c1-11(9(13)14)6-8(12)7-3-2-4-10-5-7/h2-5H,6H2,1H3,(H,13,14). The molecule has 1 rings (SSSR count). The first kappa shape index (κ1) is 10.2. The summed E-state index contributed by atoms with van der Waals surface area (Å²) < 4.78 is 0. The number of carbonyl (C=O) groups is 2. The van der Waals surface area contributed by atoms with Crippen molar-refractivity contribution in [2.75, 3.05) is 13.6 Å². The molecule has 1 aromatic rings. The van der Waals surface area contributed by atoms with Crippen LogP contribution in [0.1, 0.15) is 10.4 Å². The van der Waals surface area contributed by atoms with Gasteiger partial charge in [0.15, 0.2) is 5.78 Å². The maximum atomic E-state index is 11.4. The summed E-state index contributed by atoms with van der Waals surface area (Å²) in [6.45, 7) is -0.152. The number of hydrogen-bond donors (Lipinski definition) is 1. The van der Waals surface area contributed by atoms with E-state index in [-0.39, 0.29) is 12.3 Å². The average molecular weight is 194 g/mol. The first-order chi connectivity index (χ1) is 6.61. The van der Waals surface area contributed by atoms with Gasteiger partial charge in [0, 0.05) is 25.0 Å². The number of amides is 1. The van der Waals surface area contributed by atoms with Crippen molar-refractivity contribution < 1.29 is 14.7 Å². The number of nitrogens with zero attached hydrogens (tertiary/aromatic N) is 2. The minimum absolute atomic E-state index is 0.152. The molecule has 1 amide bonds. The lowest BCUT2D eigenvalue weighted by molar-refractivity contribution is 0.0929. The highest BCUT2D eigenvalue weighted by molar-refractivity contribution is 5.98. The van der Waals surface area contributed by atoms with Gasteiger partial charge >= 0.3 is 6.09 Å². The molecule has 0 bridgehead atoms. The number of likely N-dealkylation sites (N-methyl/N-ethyl adjacent to an activating group) is 1. The van der Waals surface area contributed by atoms with Crippen molar-refractivity contribution in [3.63, 3.8) is 0 Å². The van der Waals surface area contributed by atoms with Crippen LogP contribution in [0.15, 0.2) is 24.5 Å². The van der Waals surface area contributed by atoms with Gasteiger partial charge in [-0.05, 0) is 12.1 Å². The Labute approximate surface area is 81.0 Å². The van der Waals surface area contributed by atoms with E-state index in [1.165, 1.54) is 13.2 Å². The van der Waals surface area contributed by atoms with Crippen LogP contribution in [-0.2, 0) is 0 Å². The lowest BCUT2D eigenvalue weighted by Gasteiger charge is -2.10. The zero-order chi connectivity index (χ0) is 10.6. The number of carbonyl (C=O) groups excluding carboxylic acids is 1. The smallest absolute Gasteiger partial charge is 0.407 e. The van der Waals surface area contributed by atoms with E-state index in [1.54, 1.807) is 18.3 Å². The van der Waals surface area contributed by atoms with Crippen LogP contribution in [0.4, 0.5) is 4.79 Å². The monoisotopic (exact) mass is 194 g/mol. The number of Topliss-reactive ketones (excluding diaryl/α,β-unsaturated/α-hetero) is 1. The van der Waals surface area contributed by atoms with Gasteiger partial charge in [0.05, 0.1) is 6.54 Å². The lowest BCUT2D eigenvalue weighted by Crippen LogP contribution is -2.30. The van der Waals surface area contributed by atoms with Crippen molar-refractivity contribution in [2.24, 2.45) is 0 Å². The molecule has 74 valence electrons. The Balaban J connectivity index is 2.64. The number of carboxylic acid groups (broad SMARTS) is 1. The molecule has 0 saturated heterocycles. The van der Waals surface area contributed by atoms with Gasteiger partial charge in [-0.25, -0.2) is 4.79 Å². The van der Waals surface area contributed by atoms with Crippen molar-refractivity contribution >= 4 is 11.9 Å². The van der Waals surface area contributed by atoms with Crippen LogP contribution in [-0.4, -0.2) is 40.5 Å². The normalized spacial score (nSPS) is 9.50. The number of rotatable bonds is 3. The van der Waals surface area contributed by atoms with Crippen molar-refractivity contribution in [3.05, 3.63) is 30.1 Å². The molecule has 14 heavy (non-hydrogen) atoms. The summed E-state index contributed by atoms with van der Waals surface area (Å²) in [4.78, 5) is 26.5. The largest absolute Gasteiger partial charge is 0.465 e. The Bertz CT molecular complexity index is 337. The summed E-state index contributed by atoms with van der Waals surface area (Å²) in [5.74, 6) is -0.261. The molecule has 0 aliphatic carbocycles. The van der Waals surface area contributed by atoms with Gasteiger partial charge in [-0.2, -0.15) is 0 Å². The fourth-order valence-electron chi connectivity index (χ4n) is 0.902. The van der Waals surface area contributed by atoms with E-state index < -0.39 is 6.09 Å². The molecule has 0 aromatic carbocycles. The van der Waals surface area contributed by atoms with E-state index in [0.717, 1.165) is 4.90 Å². The van der Waals surface area contributed by atoms with Crippen LogP contribution >= 0.6 is 0 Å². The van der Waals surface area contributed by atoms with Crippen molar-refractivity contribution in [3.8, 4) is 0 Å². The first-order valence-corrected chi connectivity index (χ1v) is 3.98. The summed E-state index contributed by atoms with van der Waals surface area (Å²) in [6, 6.07) is 3.24. The van der Waals surface area contributed by atoms with Crippen LogP contribution < -0.4 is 0 Å². The topological polar surface area (TPSA) is 70.5 Å². The van der Waals surface area contributed by atoms with Crippen LogP contribution in [0.25, 0.3) is 0 Å². The second-order valence-electron chi connectivity index (χ2n) is 2.80. The Morgan fingerprint density at radius 3 is 2.79 bits per heavy atom. The number of ketones is 1. The molecule has 0 aliphatic rings. The van der Waals surface area contributed by atoms with E-state index in [2.05, 4.69) is 4.98 Å². The summed E-state index contributed by atoms with van der Waals surface area (Å²) in [5, 5.41) is 8.54. The maximum Gasteiger partial charge on any atom is 0.407 e. The van der Waals surface area contributed by atoms with Crippen molar-refractivity contribution in [1.82, 2.24) is 9.88 Å². The van der Waals surface area contributed by atoms with Gasteiger partial charge in [-0.3, -0.25) is 9.78 Å². The molecular weight excluding hydrogens is 184 g/mol. The Morgan fingerprint density at radius 2 is 2.29 bits per heavy atom. The SMILES string of the molecule is CN(CC(=O)c1cccnc1)C(=O)O. The van der Waals surface area contributed by atoms with Gasteiger partial charge in [-0.1, -0.05) is 0 Å². The van der Waals surface area contributed by atoms with Gasteiger partial charge in [0.1, 0.15) is 0 Å². The van der Waals surface area contributed by atoms with Crippen LogP contribution in [0, 0.1) is 0 Å². The average Bonchev–Trinajstić information content (AvgIpc) is 2.19. The molecule has 5 nitrogen and oxygen atoms in total. The molecule has 0 atom stereocenters. The second kappa shape index (κ2) is 4.36. The third kappa shape index (κ3) is 2.55. The number of pyridine rings is 1. The number of aromatic nitrogens is 1. The third-order valence-electron chi connectivity index (χ3n) is 1.69.